The van der Waals surface area contributed by atoms with Gasteiger partial charge in [0.25, 0.3) is 5.91 Å². The lowest BCUT2D eigenvalue weighted by molar-refractivity contribution is -0.940. The zero-order chi connectivity index (χ0) is 30.0. The third-order valence-corrected chi connectivity index (χ3v) is 10.7. The van der Waals surface area contributed by atoms with Crippen molar-refractivity contribution in [1.29, 1.82) is 0 Å². The van der Waals surface area contributed by atoms with E-state index < -0.39 is 45.9 Å². The number of hydrogen-bond donors (Lipinski definition) is 1. The molecule has 0 bridgehead atoms. The summed E-state index contributed by atoms with van der Waals surface area (Å²) in [6.45, 7) is 2.04. The van der Waals surface area contributed by atoms with Crippen molar-refractivity contribution in [3.8, 4) is 0 Å². The minimum Gasteiger partial charge on any atom is -0.632 e. The molecular formula is C32H27Cl2FN4O4. The molecule has 2 fully saturated rings. The zero-order valence-electron chi connectivity index (χ0n) is 23.4. The number of halogens is 3. The predicted molar refractivity (Wildman–Crippen MR) is 159 cm³/mol. The molecule has 1 saturated carbocycles. The molecule has 1 unspecified atom stereocenters. The van der Waals surface area contributed by atoms with Gasteiger partial charge in [-0.2, -0.15) is 5.10 Å². The maximum absolute atomic E-state index is 16.2. The molecule has 8 nitrogen and oxygen atoms in total. The Labute approximate surface area is 256 Å². The number of esters is 1. The number of nitrogens with one attached hydrogen (secondary N) is 1. The number of nitrogens with zero attached hydrogens (tertiary/aromatic N) is 3. The fraction of sp³-hybridized carbons (Fsp3) is 0.344. The monoisotopic (exact) mass is 620 g/mol. The number of amides is 1. The number of carbonyl (C=O) groups excluding carboxylic acids is 2. The van der Waals surface area contributed by atoms with E-state index in [9.17, 15) is 9.59 Å². The highest BCUT2D eigenvalue weighted by atomic mass is 35.5. The Hall–Kier alpha value is -3.50. The second-order valence-electron chi connectivity index (χ2n) is 12.2. The number of fused-ring (bicyclic) bond motifs is 7. The molecule has 43 heavy (non-hydrogen) atoms. The molecule has 1 aromatic heterocycles. The number of aryl methyl sites for hydroxylation is 1. The first-order valence-electron chi connectivity index (χ1n) is 14.3. The number of aromatic nitrogens is 2. The summed E-state index contributed by atoms with van der Waals surface area (Å²) < 4.78 is 22.2. The average molecular weight is 621 g/mol. The van der Waals surface area contributed by atoms with E-state index in [0.29, 0.717) is 39.3 Å². The van der Waals surface area contributed by atoms with E-state index in [1.165, 1.54) is 13.2 Å². The van der Waals surface area contributed by atoms with Crippen molar-refractivity contribution in [3.05, 3.63) is 97.5 Å². The van der Waals surface area contributed by atoms with Crippen LogP contribution in [0, 0.1) is 23.9 Å². The van der Waals surface area contributed by atoms with Gasteiger partial charge in [0.05, 0.1) is 47.1 Å². The van der Waals surface area contributed by atoms with Gasteiger partial charge in [-0.15, -0.1) is 0 Å². The van der Waals surface area contributed by atoms with Crippen molar-refractivity contribution in [2.45, 2.75) is 49.7 Å². The number of methoxy groups -OCH3 is 1. The van der Waals surface area contributed by atoms with Crippen molar-refractivity contribution in [2.75, 3.05) is 19.0 Å². The summed E-state index contributed by atoms with van der Waals surface area (Å²) in [6, 6.07) is 12.1. The summed E-state index contributed by atoms with van der Waals surface area (Å²) in [5.41, 5.74) is 1.96. The number of likely N-dealkylation sites (tertiary alicyclic amines) is 1. The van der Waals surface area contributed by atoms with Crippen LogP contribution in [0.2, 0.25) is 10.0 Å². The minimum absolute atomic E-state index is 0.0839. The molecule has 5 atom stereocenters. The quantitative estimate of drug-likeness (QED) is 0.161. The van der Waals surface area contributed by atoms with Crippen LogP contribution in [0.25, 0.3) is 10.9 Å². The number of hydrogen-bond acceptors (Lipinski definition) is 5. The Kier molecular flexibility index (Phi) is 5.68. The Morgan fingerprint density at radius 3 is 2.77 bits per heavy atom. The maximum Gasteiger partial charge on any atom is 0.338 e. The van der Waals surface area contributed by atoms with E-state index in [4.69, 9.17) is 33.0 Å². The standard InChI is InChI=1S/C32H27Cl2FN4O4/c1-15-18(30(40)43-2)9-10-19-24-13-25-29(38(24)37-28(15)19)26(20-4-3-5-22(34)27(20)35)32(39(25,42)14-16-6-7-16)21-11-8-17(33)12-23(21)36-31(32)41/h3-5,8-12,16,25-26,29H,6-7,13-14H2,1-2H3,(H,36,41)/t25-,26-,29+,32+,39?/m0/s1. The first-order chi connectivity index (χ1) is 20.6. The second-order valence-corrected chi connectivity index (χ2v) is 13.1. The summed E-state index contributed by atoms with van der Waals surface area (Å²) in [5, 5.41) is 25.0. The van der Waals surface area contributed by atoms with Gasteiger partial charge in [0.2, 0.25) is 5.54 Å². The third kappa shape index (κ3) is 3.36. The predicted octanol–water partition coefficient (Wildman–Crippen LogP) is 6.41. The molecule has 11 heteroatoms. The molecule has 1 aliphatic carbocycles. The summed E-state index contributed by atoms with van der Waals surface area (Å²) in [6.07, 6.45) is 2.15. The first-order valence-corrected chi connectivity index (χ1v) is 15.1. The summed E-state index contributed by atoms with van der Waals surface area (Å²) in [7, 11) is 1.33. The van der Waals surface area contributed by atoms with Crippen molar-refractivity contribution in [1.82, 2.24) is 9.78 Å². The Balaban J connectivity index is 1.44. The van der Waals surface area contributed by atoms with E-state index in [2.05, 4.69) is 5.32 Å². The average Bonchev–Trinajstić information content (AvgIpc) is 3.40. The first kappa shape index (κ1) is 27.1. The van der Waals surface area contributed by atoms with Crippen molar-refractivity contribution in [3.63, 3.8) is 0 Å². The number of carbonyl (C=O) groups is 2. The van der Waals surface area contributed by atoms with E-state index >= 15 is 9.60 Å². The molecule has 4 aromatic rings. The maximum atomic E-state index is 16.2. The molecule has 1 amide bonds. The lowest BCUT2D eigenvalue weighted by atomic mass is 9.73. The highest BCUT2D eigenvalue weighted by Crippen LogP contribution is 2.67. The highest BCUT2D eigenvalue weighted by molar-refractivity contribution is 6.31. The van der Waals surface area contributed by atoms with Gasteiger partial charge in [-0.1, -0.05) is 41.4 Å². The van der Waals surface area contributed by atoms with Crippen LogP contribution in [0.15, 0.2) is 48.5 Å². The molecule has 4 heterocycles. The lowest BCUT2D eigenvalue weighted by Crippen LogP contribution is -2.64. The van der Waals surface area contributed by atoms with Crippen molar-refractivity contribution >= 4 is 51.7 Å². The second kappa shape index (κ2) is 9.01. The molecule has 1 saturated heterocycles. The normalized spacial score (nSPS) is 28.7. The molecule has 1 spiro atoms. The van der Waals surface area contributed by atoms with E-state index in [0.717, 1.165) is 23.9 Å². The van der Waals surface area contributed by atoms with Gasteiger partial charge in [0, 0.05) is 33.9 Å². The molecule has 4 aliphatic rings. The van der Waals surface area contributed by atoms with Crippen LogP contribution in [0.1, 0.15) is 57.5 Å². The number of ether oxygens (including phenoxy) is 1. The number of hydroxylamine groups is 3. The Morgan fingerprint density at radius 2 is 2.02 bits per heavy atom. The number of rotatable bonds is 4. The number of quaternary nitrogens is 1. The minimum atomic E-state index is -1.70. The fourth-order valence-corrected chi connectivity index (χ4v) is 8.58. The molecule has 3 aliphatic heterocycles. The van der Waals surface area contributed by atoms with E-state index in [1.807, 2.05) is 17.7 Å². The lowest BCUT2D eigenvalue weighted by Gasteiger charge is -2.54. The van der Waals surface area contributed by atoms with Gasteiger partial charge in [0.15, 0.2) is 0 Å². The molecule has 0 radical (unpaired) electrons. The van der Waals surface area contributed by atoms with Crippen molar-refractivity contribution in [2.24, 2.45) is 5.92 Å². The molecule has 8 rings (SSSR count). The number of benzene rings is 3. The fourth-order valence-electron chi connectivity index (χ4n) is 8.23. The topological polar surface area (TPSA) is 96.3 Å². The van der Waals surface area contributed by atoms with Crippen LogP contribution < -0.4 is 5.32 Å². The largest absolute Gasteiger partial charge is 0.632 e. The third-order valence-electron chi connectivity index (χ3n) is 10.2. The summed E-state index contributed by atoms with van der Waals surface area (Å²) in [4.78, 5) is 27.0. The molecule has 220 valence electrons. The van der Waals surface area contributed by atoms with Gasteiger partial charge in [-0.25, -0.2) is 9.18 Å². The number of anilines is 1. The SMILES string of the molecule is COC(=O)c1ccc2c3n(nc2c1C)[C@H]1[C@H](c2cccc(Cl)c2F)[C@]2(C(=O)Nc4cc(Cl)ccc42)[N+]([O-])(CC2CC2)[C@H]1C3. The van der Waals surface area contributed by atoms with E-state index in [-0.39, 0.29) is 23.0 Å². The zero-order valence-corrected chi connectivity index (χ0v) is 24.9. The summed E-state index contributed by atoms with van der Waals surface area (Å²) >= 11 is 12.7. The van der Waals surface area contributed by atoms with Crippen LogP contribution in [-0.4, -0.2) is 46.0 Å². The molecular weight excluding hydrogens is 594 g/mol. The van der Waals surface area contributed by atoms with Crippen LogP contribution in [0.4, 0.5) is 10.1 Å². The Bertz CT molecular complexity index is 1910. The van der Waals surface area contributed by atoms with Gasteiger partial charge in [-0.3, -0.25) is 9.48 Å². The van der Waals surface area contributed by atoms with Gasteiger partial charge in [-0.05, 0) is 55.7 Å². The Morgan fingerprint density at radius 1 is 1.23 bits per heavy atom. The van der Waals surface area contributed by atoms with Crippen LogP contribution in [0.3, 0.4) is 0 Å². The van der Waals surface area contributed by atoms with Gasteiger partial charge >= 0.3 is 5.97 Å². The van der Waals surface area contributed by atoms with Crippen LogP contribution in [-0.2, 0) is 21.5 Å². The highest BCUT2D eigenvalue weighted by Gasteiger charge is 2.76. The molecule has 3 aromatic carbocycles. The van der Waals surface area contributed by atoms with E-state index in [1.54, 1.807) is 36.4 Å². The summed E-state index contributed by atoms with van der Waals surface area (Å²) in [5.74, 6) is -2.37. The van der Waals surface area contributed by atoms with Crippen molar-refractivity contribution < 1.29 is 23.4 Å². The van der Waals surface area contributed by atoms with Crippen LogP contribution in [0.5, 0.6) is 0 Å². The van der Waals surface area contributed by atoms with Gasteiger partial charge in [0.1, 0.15) is 17.9 Å². The van der Waals surface area contributed by atoms with Gasteiger partial charge < -0.3 is 19.9 Å². The van der Waals surface area contributed by atoms with Crippen LogP contribution >= 0.6 is 23.2 Å². The smallest absolute Gasteiger partial charge is 0.338 e. The molecule has 1 N–H and O–H groups in total.